The normalized spacial score (nSPS) is 10.4. The maximum absolute atomic E-state index is 10.1. The van der Waals surface area contributed by atoms with Gasteiger partial charge in [-0.25, -0.2) is 25.3 Å². The molecule has 0 bridgehead atoms. The Bertz CT molecular complexity index is 549. The molecule has 0 atom stereocenters. The summed E-state index contributed by atoms with van der Waals surface area (Å²) in [4.78, 5) is 0. The Labute approximate surface area is 258 Å². The van der Waals surface area contributed by atoms with Crippen LogP contribution in [-0.4, -0.2) is 73.4 Å². The first-order chi connectivity index (χ1) is 10.3. The molecule has 0 aliphatic rings. The quantitative estimate of drug-likeness (QED) is 0.0594. The van der Waals surface area contributed by atoms with Crippen LogP contribution < -0.4 is 88.7 Å². The molecule has 0 aromatic rings. The van der Waals surface area contributed by atoms with E-state index in [1.54, 1.807) is 0 Å². The maximum atomic E-state index is 10.1. The van der Waals surface area contributed by atoms with E-state index in [1.165, 1.54) is 0 Å². The van der Waals surface area contributed by atoms with Gasteiger partial charge in [0.2, 0.25) is 0 Å². The van der Waals surface area contributed by atoms with Crippen molar-refractivity contribution in [3.05, 3.63) is 0 Å². The van der Waals surface area contributed by atoms with Crippen molar-refractivity contribution in [1.82, 2.24) is 0 Å². The van der Waals surface area contributed by atoms with Gasteiger partial charge in [-0.2, -0.15) is 12.6 Å². The second-order valence-electron chi connectivity index (χ2n) is 3.15. The molecule has 0 aromatic heterocycles. The minimum Gasteiger partial charge on any atom is -0.748 e. The third-order valence-electron chi connectivity index (χ3n) is 1.26. The molecule has 20 heteroatoms. The van der Waals surface area contributed by atoms with Crippen LogP contribution >= 0.6 is 71.4 Å². The van der Waals surface area contributed by atoms with Crippen molar-refractivity contribution in [3.63, 3.8) is 0 Å². The third kappa shape index (κ3) is 56.9. The van der Waals surface area contributed by atoms with E-state index in [1.807, 2.05) is 0 Å². The standard InChI is InChI=1S/C4H10O6S4.C2H6O3S2.I2.3Na/c5-13(6,7)3-1-11-12-2-4-14(8,9)10;3-7(4,5)2-1-6;1-2;;;/h1-4H2,(H,5,6,7)(H,8,9,10);6H,1-2H2,(H,3,4,5);;;;/q;;;3*+1/p-3. The molecule has 0 amide bonds. The van der Waals surface area contributed by atoms with Gasteiger partial charge in [-0.3, -0.25) is 0 Å². The van der Waals surface area contributed by atoms with E-state index in [4.69, 9.17) is 0 Å². The molecule has 0 aromatic carbocycles. The number of halogens is 2. The minimum absolute atomic E-state index is 0. The van der Waals surface area contributed by atoms with E-state index in [9.17, 15) is 38.9 Å². The SMILES string of the molecule is II.O=S(=O)([O-])CCS.O=S(=O)([O-])CCSSCCS(=O)(=O)[O-].[Na+].[Na+].[Na+]. The Morgan fingerprint density at radius 3 is 1.00 bits per heavy atom. The summed E-state index contributed by atoms with van der Waals surface area (Å²) in [6.07, 6.45) is 0. The van der Waals surface area contributed by atoms with E-state index in [-0.39, 0.29) is 112 Å². The van der Waals surface area contributed by atoms with Crippen molar-refractivity contribution in [1.29, 1.82) is 0 Å². The molecule has 0 N–H and O–H groups in total. The van der Waals surface area contributed by atoms with Crippen LogP contribution in [-0.2, 0) is 30.4 Å². The van der Waals surface area contributed by atoms with Crippen LogP contribution in [0, 0.1) is 0 Å². The molecule has 0 spiro atoms. The smallest absolute Gasteiger partial charge is 0.748 e. The molecule has 0 rings (SSSR count). The zero-order valence-corrected chi connectivity index (χ0v) is 29.5. The Balaban J connectivity index is -0.0000000720. The number of thiol groups is 1. The first-order valence-corrected chi connectivity index (χ1v) is 19.2. The molecule has 0 aliphatic carbocycles. The molecule has 0 saturated carbocycles. The summed E-state index contributed by atoms with van der Waals surface area (Å²) < 4.78 is 89.5. The summed E-state index contributed by atoms with van der Waals surface area (Å²) in [5.41, 5.74) is 0. The van der Waals surface area contributed by atoms with Crippen molar-refractivity contribution in [3.8, 4) is 0 Å². The number of hydrogen-bond donors (Lipinski definition) is 1. The van der Waals surface area contributed by atoms with Gasteiger partial charge < -0.3 is 13.7 Å². The zero-order chi connectivity index (χ0) is 19.2. The van der Waals surface area contributed by atoms with Crippen LogP contribution in [0.2, 0.25) is 0 Å². The minimum atomic E-state index is -4.20. The van der Waals surface area contributed by atoms with Crippen molar-refractivity contribution in [2.24, 2.45) is 0 Å². The third-order valence-corrected chi connectivity index (χ3v) is 6.82. The molecule has 9 nitrogen and oxygen atoms in total. The van der Waals surface area contributed by atoms with Crippen LogP contribution in [0.3, 0.4) is 0 Å². The Morgan fingerprint density at radius 2 is 0.885 bits per heavy atom. The second kappa shape index (κ2) is 26.5. The molecular weight excluding hydrogens is 731 g/mol. The van der Waals surface area contributed by atoms with Gasteiger partial charge in [0.25, 0.3) is 0 Å². The predicted molar refractivity (Wildman–Crippen MR) is 111 cm³/mol. The molecule has 144 valence electrons. The van der Waals surface area contributed by atoms with E-state index in [0.717, 1.165) is 21.6 Å². The first kappa shape index (κ1) is 44.8. The van der Waals surface area contributed by atoms with E-state index in [2.05, 4.69) is 49.9 Å². The molecule has 0 saturated heterocycles. The zero-order valence-electron chi connectivity index (χ0n) is 14.2. The number of rotatable bonds is 9. The second-order valence-corrected chi connectivity index (χ2v) is 10.9. The molecule has 0 fully saturated rings. The van der Waals surface area contributed by atoms with Gasteiger partial charge in [0, 0.05) is 71.7 Å². The van der Waals surface area contributed by atoms with Gasteiger partial charge in [0.05, 0.1) is 30.4 Å². The Kier molecular flexibility index (Phi) is 45.7. The Hall–Kier alpha value is 5.24. The van der Waals surface area contributed by atoms with Crippen molar-refractivity contribution < 1.29 is 128 Å². The fourth-order valence-electron chi connectivity index (χ4n) is 0.502. The monoisotopic (exact) mass is 744 g/mol. The summed E-state index contributed by atoms with van der Waals surface area (Å²) in [7, 11) is -10.3. The summed E-state index contributed by atoms with van der Waals surface area (Å²) in [6.45, 7) is 0. The summed E-state index contributed by atoms with van der Waals surface area (Å²) in [5.74, 6) is -1.07. The van der Waals surface area contributed by atoms with Gasteiger partial charge >= 0.3 is 88.7 Å². The Morgan fingerprint density at radius 1 is 0.654 bits per heavy atom. The summed E-state index contributed by atoms with van der Waals surface area (Å²) in [6, 6.07) is 0. The fraction of sp³-hybridized carbons (Fsp3) is 1.00. The fourth-order valence-corrected chi connectivity index (χ4v) is 5.74. The predicted octanol–water partition coefficient (Wildman–Crippen LogP) is -8.30. The van der Waals surface area contributed by atoms with Crippen molar-refractivity contribution in [2.75, 3.05) is 34.5 Å². The van der Waals surface area contributed by atoms with Gasteiger partial charge in [-0.15, -0.1) is 0 Å². The molecule has 0 unspecified atom stereocenters. The molecule has 0 radical (unpaired) electrons. The van der Waals surface area contributed by atoms with Gasteiger partial charge in [-0.05, 0) is 0 Å². The molecule has 0 heterocycles. The maximum Gasteiger partial charge on any atom is 1.00 e. The average molecular weight is 744 g/mol. The van der Waals surface area contributed by atoms with Gasteiger partial charge in [-0.1, -0.05) is 21.6 Å². The van der Waals surface area contributed by atoms with Crippen LogP contribution in [0.4, 0.5) is 0 Å². The van der Waals surface area contributed by atoms with Gasteiger partial charge in [0.1, 0.15) is 0 Å². The largest absolute Gasteiger partial charge is 1.00 e. The van der Waals surface area contributed by atoms with Crippen LogP contribution in [0.25, 0.3) is 0 Å². The van der Waals surface area contributed by atoms with Crippen molar-refractivity contribution in [2.45, 2.75) is 0 Å². The molecule has 26 heavy (non-hydrogen) atoms. The van der Waals surface area contributed by atoms with Crippen LogP contribution in [0.1, 0.15) is 0 Å². The first-order valence-electron chi connectivity index (χ1n) is 5.07. The van der Waals surface area contributed by atoms with Crippen LogP contribution in [0.15, 0.2) is 0 Å². The van der Waals surface area contributed by atoms with Crippen LogP contribution in [0.5, 0.6) is 0 Å². The van der Waals surface area contributed by atoms with Crippen molar-refractivity contribution >= 4 is 102 Å². The summed E-state index contributed by atoms with van der Waals surface area (Å²) >= 11 is 7.77. The topological polar surface area (TPSA) is 172 Å². The molecule has 0 aliphatic heterocycles. The summed E-state index contributed by atoms with van der Waals surface area (Å²) in [5, 5.41) is 0. The number of hydrogen-bond acceptors (Lipinski definition) is 12. The van der Waals surface area contributed by atoms with E-state index in [0.29, 0.717) is 0 Å². The average Bonchev–Trinajstić information content (AvgIpc) is 2.33. The van der Waals surface area contributed by atoms with Gasteiger partial charge in [0.15, 0.2) is 0 Å². The van der Waals surface area contributed by atoms with E-state index < -0.39 is 41.9 Å². The molecular formula is C6H13I2Na3O9S6. The van der Waals surface area contributed by atoms with E-state index >= 15 is 0 Å².